The predicted octanol–water partition coefficient (Wildman–Crippen LogP) is 4.10. The van der Waals surface area contributed by atoms with Gasteiger partial charge in [-0.05, 0) is 66.2 Å². The topological polar surface area (TPSA) is 145 Å². The molecular formula is C39H32BClN2O8. The maximum Gasteiger partial charge on any atom is 0.488 e. The molecule has 2 heterocycles. The van der Waals surface area contributed by atoms with E-state index in [-0.39, 0.29) is 29.7 Å². The first-order valence-electron chi connectivity index (χ1n) is 16.7. The molecule has 6 unspecified atom stereocenters. The van der Waals surface area contributed by atoms with Gasteiger partial charge in [-0.15, -0.1) is 0 Å². The number of fused-ring (bicyclic) bond motifs is 4. The van der Waals surface area contributed by atoms with Gasteiger partial charge in [0.1, 0.15) is 11.5 Å². The van der Waals surface area contributed by atoms with Crippen molar-refractivity contribution in [3.63, 3.8) is 0 Å². The Morgan fingerprint density at radius 1 is 0.804 bits per heavy atom. The molecular weight excluding hydrogens is 671 g/mol. The Morgan fingerprint density at radius 3 is 2.22 bits per heavy atom. The number of halogens is 1. The van der Waals surface area contributed by atoms with E-state index < -0.39 is 65.8 Å². The highest BCUT2D eigenvalue weighted by atomic mass is 35.5. The quantitative estimate of drug-likeness (QED) is 0.155. The van der Waals surface area contributed by atoms with Crippen LogP contribution in [0.4, 0.5) is 11.4 Å². The van der Waals surface area contributed by atoms with Gasteiger partial charge in [-0.25, -0.2) is 4.90 Å². The van der Waals surface area contributed by atoms with E-state index >= 15 is 4.79 Å². The Labute approximate surface area is 298 Å². The summed E-state index contributed by atoms with van der Waals surface area (Å²) in [4.78, 5) is 61.0. The molecule has 1 saturated carbocycles. The van der Waals surface area contributed by atoms with Gasteiger partial charge in [-0.3, -0.25) is 24.1 Å². The Balaban J connectivity index is 1.34. The van der Waals surface area contributed by atoms with Crippen LogP contribution >= 0.6 is 11.6 Å². The number of aromatic hydroxyl groups is 1. The van der Waals surface area contributed by atoms with E-state index in [4.69, 9.17) is 16.3 Å². The highest BCUT2D eigenvalue weighted by molar-refractivity contribution is 6.58. The first-order chi connectivity index (χ1) is 24.6. The summed E-state index contributed by atoms with van der Waals surface area (Å²) < 4.78 is 5.39. The summed E-state index contributed by atoms with van der Waals surface area (Å²) in [7, 11) is -0.326. The second-order valence-corrected chi connectivity index (χ2v) is 13.9. The number of carbonyl (C=O) groups excluding carboxylic acids is 4. The fourth-order valence-electron chi connectivity index (χ4n) is 9.06. The van der Waals surface area contributed by atoms with Crippen molar-refractivity contribution in [2.24, 2.45) is 23.7 Å². The second kappa shape index (κ2) is 12.2. The lowest BCUT2D eigenvalue weighted by Crippen LogP contribution is -2.53. The first-order valence-corrected chi connectivity index (χ1v) is 17.1. The van der Waals surface area contributed by atoms with Crippen molar-refractivity contribution in [3.8, 4) is 11.5 Å². The van der Waals surface area contributed by atoms with Crippen molar-refractivity contribution >= 4 is 59.2 Å². The summed E-state index contributed by atoms with van der Waals surface area (Å²) in [6.07, 6.45) is 2.17. The number of amides is 4. The number of ether oxygens (including phenoxy) is 1. The van der Waals surface area contributed by atoms with Gasteiger partial charge in [0.05, 0.1) is 41.7 Å². The van der Waals surface area contributed by atoms with Crippen LogP contribution < -0.4 is 20.0 Å². The third-order valence-corrected chi connectivity index (χ3v) is 11.4. The van der Waals surface area contributed by atoms with Crippen LogP contribution in [0.25, 0.3) is 0 Å². The number of phenols is 1. The van der Waals surface area contributed by atoms with Crippen molar-refractivity contribution in [1.29, 1.82) is 0 Å². The molecule has 12 heteroatoms. The van der Waals surface area contributed by atoms with E-state index in [0.717, 1.165) is 4.90 Å². The molecule has 6 atom stereocenters. The smallest absolute Gasteiger partial charge is 0.488 e. The zero-order valence-corrected chi connectivity index (χ0v) is 28.1. The number of carbonyl (C=O) groups is 4. The summed E-state index contributed by atoms with van der Waals surface area (Å²) in [5, 5.41) is 31.6. The molecule has 4 aromatic rings. The molecule has 2 saturated heterocycles. The van der Waals surface area contributed by atoms with Gasteiger partial charge in [0.25, 0.3) is 0 Å². The summed E-state index contributed by atoms with van der Waals surface area (Å²) in [5.41, 5.74) is 0.745. The van der Waals surface area contributed by atoms with Crippen LogP contribution in [-0.4, -0.2) is 53.0 Å². The minimum atomic E-state index is -1.80. The van der Waals surface area contributed by atoms with Crippen LogP contribution in [0.5, 0.6) is 11.5 Å². The van der Waals surface area contributed by atoms with Crippen LogP contribution in [0.1, 0.15) is 29.9 Å². The van der Waals surface area contributed by atoms with E-state index in [1.54, 1.807) is 60.7 Å². The van der Waals surface area contributed by atoms with Gasteiger partial charge in [-0.1, -0.05) is 77.8 Å². The minimum absolute atomic E-state index is 0.0825. The number of methoxy groups -OCH3 is 1. The number of anilines is 2. The molecule has 3 N–H and O–H groups in total. The summed E-state index contributed by atoms with van der Waals surface area (Å²) in [6.45, 7) is 0. The molecule has 0 radical (unpaired) electrons. The van der Waals surface area contributed by atoms with Gasteiger partial charge in [0.15, 0.2) is 0 Å². The number of nitrogens with zero attached hydrogens (tertiary/aromatic N) is 2. The average molecular weight is 703 g/mol. The number of phenolic OH excluding ortho intramolecular Hbond substituents is 1. The average Bonchev–Trinajstić information content (AvgIpc) is 3.52. The van der Waals surface area contributed by atoms with E-state index in [0.29, 0.717) is 33.2 Å². The predicted molar refractivity (Wildman–Crippen MR) is 190 cm³/mol. The van der Waals surface area contributed by atoms with E-state index in [2.05, 4.69) is 0 Å². The summed E-state index contributed by atoms with van der Waals surface area (Å²) >= 11 is 6.37. The van der Waals surface area contributed by atoms with E-state index in [9.17, 15) is 29.5 Å². The maximum absolute atomic E-state index is 15.3. The Morgan fingerprint density at radius 2 is 1.53 bits per heavy atom. The van der Waals surface area contributed by atoms with Crippen molar-refractivity contribution in [2.45, 2.75) is 24.2 Å². The lowest BCUT2D eigenvalue weighted by molar-refractivity contribution is -0.127. The molecule has 256 valence electrons. The Bertz CT molecular complexity index is 2160. The molecule has 51 heavy (non-hydrogen) atoms. The molecule has 4 aromatic carbocycles. The maximum atomic E-state index is 15.3. The highest BCUT2D eigenvalue weighted by Gasteiger charge is 2.70. The number of rotatable bonds is 6. The highest BCUT2D eigenvalue weighted by Crippen LogP contribution is 2.65. The van der Waals surface area contributed by atoms with Gasteiger partial charge < -0.3 is 19.9 Å². The largest absolute Gasteiger partial charge is 0.508 e. The molecule has 10 nitrogen and oxygen atoms in total. The zero-order chi connectivity index (χ0) is 35.8. The van der Waals surface area contributed by atoms with Crippen LogP contribution in [0.2, 0.25) is 5.02 Å². The SMILES string of the molecule is COc1ccc(C2C3=CCC4C(=O)N(c5cccc(B(O)O)c5)C(=O)C4C3CC3C(=O)N(c4cccc(Cl)c4)C(=O)C32c2ccccc2)c(O)c1. The second-order valence-electron chi connectivity index (χ2n) is 13.5. The standard InChI is InChI=1S/C39H32BClN2O8/c1-51-26-13-14-28(32(44)19-26)34-27-15-16-29-33(37(47)42(35(29)45)24-11-5-9-22(17-24)40(49)50)30(27)20-31-36(46)43(25-12-6-10-23(41)18-25)38(48)39(31,34)21-7-3-2-4-8-21/h2-15,17-19,29-31,33-34,44,49-50H,16,20H2,1H3. The number of benzene rings is 4. The summed E-state index contributed by atoms with van der Waals surface area (Å²) in [6, 6.07) is 26.4. The van der Waals surface area contributed by atoms with Gasteiger partial charge >= 0.3 is 7.12 Å². The van der Waals surface area contributed by atoms with Crippen LogP contribution in [-0.2, 0) is 24.6 Å². The molecule has 8 rings (SSSR count). The fraction of sp³-hybridized carbons (Fsp3) is 0.231. The van der Waals surface area contributed by atoms with E-state index in [1.165, 1.54) is 30.2 Å². The van der Waals surface area contributed by atoms with Crippen molar-refractivity contribution in [3.05, 3.63) is 125 Å². The van der Waals surface area contributed by atoms with Crippen LogP contribution in [0.3, 0.4) is 0 Å². The molecule has 4 aliphatic rings. The molecule has 0 aromatic heterocycles. The molecule has 2 aliphatic carbocycles. The lowest BCUT2D eigenvalue weighted by atomic mass is 9.49. The fourth-order valence-corrected chi connectivity index (χ4v) is 9.25. The van der Waals surface area contributed by atoms with Crippen LogP contribution in [0.15, 0.2) is 109 Å². The Kier molecular flexibility index (Phi) is 7.90. The van der Waals surface area contributed by atoms with Crippen molar-refractivity contribution in [2.75, 3.05) is 16.9 Å². The van der Waals surface area contributed by atoms with Crippen molar-refractivity contribution in [1.82, 2.24) is 0 Å². The monoisotopic (exact) mass is 702 g/mol. The summed E-state index contributed by atoms with van der Waals surface area (Å²) in [5.74, 6) is -5.80. The minimum Gasteiger partial charge on any atom is -0.508 e. The number of imide groups is 2. The number of allylic oxidation sites excluding steroid dienone is 2. The van der Waals surface area contributed by atoms with E-state index in [1.807, 2.05) is 24.3 Å². The molecule has 0 bridgehead atoms. The molecule has 3 fully saturated rings. The normalized spacial score (nSPS) is 26.8. The first kappa shape index (κ1) is 32.9. The third-order valence-electron chi connectivity index (χ3n) is 11.1. The lowest BCUT2D eigenvalue weighted by Gasteiger charge is -2.50. The van der Waals surface area contributed by atoms with Crippen LogP contribution in [0, 0.1) is 23.7 Å². The van der Waals surface area contributed by atoms with Gasteiger partial charge in [0.2, 0.25) is 23.6 Å². The zero-order valence-electron chi connectivity index (χ0n) is 27.3. The number of hydrogen-bond donors (Lipinski definition) is 3. The van der Waals surface area contributed by atoms with Gasteiger partial charge in [0, 0.05) is 22.6 Å². The van der Waals surface area contributed by atoms with Crippen molar-refractivity contribution < 1.29 is 39.1 Å². The Hall–Kier alpha value is -5.23. The molecule has 0 spiro atoms. The molecule has 4 amide bonds. The third kappa shape index (κ3) is 4.79. The van der Waals surface area contributed by atoms with Gasteiger partial charge in [-0.2, -0.15) is 0 Å². The number of hydrogen-bond acceptors (Lipinski definition) is 8. The molecule has 2 aliphatic heterocycles.